The van der Waals surface area contributed by atoms with Crippen LogP contribution in [-0.2, 0) is 13.5 Å². The minimum atomic E-state index is -0.268. The van der Waals surface area contributed by atoms with E-state index >= 15 is 0 Å². The molecule has 10 nitrogen and oxygen atoms in total. The lowest BCUT2D eigenvalue weighted by Gasteiger charge is -2.16. The number of likely N-dealkylation sites (N-methyl/N-ethyl adjacent to an activating group) is 1. The maximum Gasteiger partial charge on any atom is 0.277 e. The van der Waals surface area contributed by atoms with E-state index in [2.05, 4.69) is 22.0 Å². The van der Waals surface area contributed by atoms with Gasteiger partial charge in [-0.2, -0.15) is 5.10 Å². The van der Waals surface area contributed by atoms with Crippen LogP contribution < -0.4 is 16.0 Å². The third-order valence-electron chi connectivity index (χ3n) is 4.84. The van der Waals surface area contributed by atoms with Crippen LogP contribution in [-0.4, -0.2) is 62.5 Å². The van der Waals surface area contributed by atoms with Gasteiger partial charge >= 0.3 is 0 Å². The summed E-state index contributed by atoms with van der Waals surface area (Å²) in [5, 5.41) is 13.6. The Kier molecular flexibility index (Phi) is 6.91. The predicted molar refractivity (Wildman–Crippen MR) is 121 cm³/mol. The molecule has 0 aliphatic heterocycles. The number of H-pyrrole nitrogens is 1. The summed E-state index contributed by atoms with van der Waals surface area (Å²) in [7, 11) is 3.49. The van der Waals surface area contributed by atoms with E-state index in [1.54, 1.807) is 41.9 Å². The molecule has 1 aromatic carbocycles. The average Bonchev–Trinajstić information content (AvgIpc) is 3.05. The number of aromatic amines is 1. The zero-order valence-electron chi connectivity index (χ0n) is 18.3. The van der Waals surface area contributed by atoms with Crippen molar-refractivity contribution >= 4 is 22.7 Å². The molecule has 0 radical (unpaired) electrons. The molecular formula is C21H29N7O3. The second-order valence-electron chi connectivity index (χ2n) is 7.16. The van der Waals surface area contributed by atoms with Crippen LogP contribution in [0.25, 0.3) is 22.4 Å². The van der Waals surface area contributed by atoms with E-state index in [4.69, 9.17) is 20.6 Å². The molecule has 0 fully saturated rings. The SMILES string of the molecule is CCCc1nn(C)c2c(=O)[nH]c(-c3cc(N=C(N)N(C)CCO)ccc3OCC)nc12. The maximum absolute atomic E-state index is 12.8. The summed E-state index contributed by atoms with van der Waals surface area (Å²) in [6.45, 7) is 4.74. The van der Waals surface area contributed by atoms with E-state index in [0.717, 1.165) is 18.5 Å². The lowest BCUT2D eigenvalue weighted by Crippen LogP contribution is -2.35. The Morgan fingerprint density at radius 2 is 2.16 bits per heavy atom. The molecule has 2 heterocycles. The average molecular weight is 428 g/mol. The Bertz CT molecular complexity index is 1150. The van der Waals surface area contributed by atoms with Gasteiger partial charge in [0.1, 0.15) is 17.1 Å². The molecule has 0 saturated carbocycles. The molecule has 2 aromatic heterocycles. The molecular weight excluding hydrogens is 398 g/mol. The number of nitrogens with two attached hydrogens (primary N) is 1. The number of ether oxygens (including phenoxy) is 1. The highest BCUT2D eigenvalue weighted by Crippen LogP contribution is 2.32. The van der Waals surface area contributed by atoms with Gasteiger partial charge in [-0.1, -0.05) is 13.3 Å². The lowest BCUT2D eigenvalue weighted by atomic mass is 10.1. The van der Waals surface area contributed by atoms with Gasteiger partial charge in [-0.05, 0) is 31.5 Å². The highest BCUT2D eigenvalue weighted by atomic mass is 16.5. The Morgan fingerprint density at radius 3 is 2.84 bits per heavy atom. The van der Waals surface area contributed by atoms with E-state index in [1.165, 1.54) is 0 Å². The number of hydrogen-bond donors (Lipinski definition) is 3. The fourth-order valence-corrected chi connectivity index (χ4v) is 3.32. The fraction of sp³-hybridized carbons (Fsp3) is 0.429. The number of fused-ring (bicyclic) bond motifs is 1. The van der Waals surface area contributed by atoms with Gasteiger partial charge in [0.2, 0.25) is 0 Å². The molecule has 0 aliphatic carbocycles. The zero-order chi connectivity index (χ0) is 22.5. The number of nitrogens with zero attached hydrogens (tertiary/aromatic N) is 5. The van der Waals surface area contributed by atoms with E-state index < -0.39 is 0 Å². The summed E-state index contributed by atoms with van der Waals surface area (Å²) in [5.41, 5.74) is 8.74. The van der Waals surface area contributed by atoms with Gasteiger partial charge in [-0.15, -0.1) is 0 Å². The van der Waals surface area contributed by atoms with Crippen molar-refractivity contribution in [3.8, 4) is 17.1 Å². The quantitative estimate of drug-likeness (QED) is 0.367. The summed E-state index contributed by atoms with van der Waals surface area (Å²) in [5.74, 6) is 1.22. The van der Waals surface area contributed by atoms with Crippen LogP contribution in [0, 0.1) is 0 Å². The first-order chi connectivity index (χ1) is 14.9. The van der Waals surface area contributed by atoms with E-state index in [1.807, 2.05) is 6.92 Å². The Hall–Kier alpha value is -3.40. The Morgan fingerprint density at radius 1 is 1.39 bits per heavy atom. The van der Waals surface area contributed by atoms with Crippen molar-refractivity contribution in [2.45, 2.75) is 26.7 Å². The van der Waals surface area contributed by atoms with Gasteiger partial charge in [-0.25, -0.2) is 9.98 Å². The highest BCUT2D eigenvalue weighted by Gasteiger charge is 2.18. The Balaban J connectivity index is 2.16. The topological polar surface area (TPSA) is 135 Å². The van der Waals surface area contributed by atoms with Gasteiger partial charge in [0.15, 0.2) is 11.5 Å². The van der Waals surface area contributed by atoms with E-state index in [0.29, 0.717) is 47.0 Å². The third-order valence-corrected chi connectivity index (χ3v) is 4.84. The number of aliphatic hydroxyl groups excluding tert-OH is 1. The minimum Gasteiger partial charge on any atom is -0.493 e. The number of hydrogen-bond acceptors (Lipinski definition) is 6. The first kappa shape index (κ1) is 22.3. The molecule has 0 unspecified atom stereocenters. The molecule has 0 spiro atoms. The molecule has 0 amide bonds. The first-order valence-electron chi connectivity index (χ1n) is 10.3. The largest absolute Gasteiger partial charge is 0.493 e. The van der Waals surface area contributed by atoms with Crippen LogP contribution in [0.3, 0.4) is 0 Å². The zero-order valence-corrected chi connectivity index (χ0v) is 18.3. The number of aliphatic hydroxyl groups is 1. The van der Waals surface area contributed by atoms with Crippen molar-refractivity contribution in [1.29, 1.82) is 0 Å². The standard InChI is InChI=1S/C21H29N7O3/c1-5-7-15-17-18(28(4)26-15)20(30)25-19(24-17)14-12-13(8-9-16(14)31-6-2)23-21(22)27(3)10-11-29/h8-9,12,29H,5-7,10-11H2,1-4H3,(H2,22,23)(H,24,25,30). The van der Waals surface area contributed by atoms with Crippen LogP contribution in [0.15, 0.2) is 28.0 Å². The van der Waals surface area contributed by atoms with Crippen molar-refractivity contribution in [3.05, 3.63) is 34.2 Å². The minimum absolute atomic E-state index is 0.0301. The number of aromatic nitrogens is 4. The van der Waals surface area contributed by atoms with Crippen LogP contribution in [0.2, 0.25) is 0 Å². The van der Waals surface area contributed by atoms with Gasteiger partial charge in [-0.3, -0.25) is 9.48 Å². The van der Waals surface area contributed by atoms with Crippen molar-refractivity contribution in [3.63, 3.8) is 0 Å². The summed E-state index contributed by atoms with van der Waals surface area (Å²) < 4.78 is 7.33. The van der Waals surface area contributed by atoms with Gasteiger partial charge in [0.05, 0.1) is 30.2 Å². The van der Waals surface area contributed by atoms with Gasteiger partial charge < -0.3 is 25.5 Å². The van der Waals surface area contributed by atoms with Crippen LogP contribution >= 0.6 is 0 Å². The molecule has 0 aliphatic rings. The number of nitrogens with one attached hydrogen (secondary N) is 1. The lowest BCUT2D eigenvalue weighted by molar-refractivity contribution is 0.263. The Labute approximate surface area is 180 Å². The van der Waals surface area contributed by atoms with Crippen LogP contribution in [0.1, 0.15) is 26.0 Å². The maximum atomic E-state index is 12.8. The molecule has 0 bridgehead atoms. The van der Waals surface area contributed by atoms with Crippen molar-refractivity contribution in [2.75, 3.05) is 26.8 Å². The summed E-state index contributed by atoms with van der Waals surface area (Å²) in [6.07, 6.45) is 1.62. The monoisotopic (exact) mass is 427 g/mol. The fourth-order valence-electron chi connectivity index (χ4n) is 3.32. The first-order valence-corrected chi connectivity index (χ1v) is 10.3. The van der Waals surface area contributed by atoms with E-state index in [9.17, 15) is 4.79 Å². The van der Waals surface area contributed by atoms with Crippen molar-refractivity contribution in [2.24, 2.45) is 17.8 Å². The molecule has 3 aromatic rings. The highest BCUT2D eigenvalue weighted by molar-refractivity contribution is 5.83. The summed E-state index contributed by atoms with van der Waals surface area (Å²) >= 11 is 0. The van der Waals surface area contributed by atoms with Gasteiger partial charge in [0, 0.05) is 20.6 Å². The normalized spacial score (nSPS) is 11.8. The van der Waals surface area contributed by atoms with Crippen LogP contribution in [0.4, 0.5) is 5.69 Å². The van der Waals surface area contributed by atoms with E-state index in [-0.39, 0.29) is 18.1 Å². The number of rotatable bonds is 8. The summed E-state index contributed by atoms with van der Waals surface area (Å²) in [4.78, 5) is 26.5. The predicted octanol–water partition coefficient (Wildman–Crippen LogP) is 1.55. The van der Waals surface area contributed by atoms with Gasteiger partial charge in [0.25, 0.3) is 5.56 Å². The van der Waals surface area contributed by atoms with Crippen molar-refractivity contribution in [1.82, 2.24) is 24.6 Å². The molecule has 31 heavy (non-hydrogen) atoms. The second kappa shape index (κ2) is 9.61. The smallest absolute Gasteiger partial charge is 0.277 e. The molecule has 0 atom stereocenters. The molecule has 3 rings (SSSR count). The molecule has 10 heteroatoms. The molecule has 166 valence electrons. The van der Waals surface area contributed by atoms with Crippen LogP contribution in [0.5, 0.6) is 5.75 Å². The number of aryl methyl sites for hydroxylation is 2. The number of aliphatic imine (C=N–C) groups is 1. The molecule has 0 saturated heterocycles. The molecule has 4 N–H and O–H groups in total. The number of benzene rings is 1. The van der Waals surface area contributed by atoms with Crippen molar-refractivity contribution < 1.29 is 9.84 Å². The third kappa shape index (κ3) is 4.69. The summed E-state index contributed by atoms with van der Waals surface area (Å²) in [6, 6.07) is 5.32. The number of guanidine groups is 1. The second-order valence-corrected chi connectivity index (χ2v) is 7.16.